The van der Waals surface area contributed by atoms with E-state index in [9.17, 15) is 4.79 Å². The molecule has 0 aliphatic heterocycles. The van der Waals surface area contributed by atoms with Crippen LogP contribution in [0.5, 0.6) is 0 Å². The molecule has 0 heterocycles. The lowest BCUT2D eigenvalue weighted by Crippen LogP contribution is -2.12. The minimum atomic E-state index is 0.0436. The van der Waals surface area contributed by atoms with Gasteiger partial charge in [0.05, 0.1) is 6.10 Å². The molecular formula is C16H24O2. The van der Waals surface area contributed by atoms with Gasteiger partial charge in [-0.15, -0.1) is 0 Å². The topological polar surface area (TPSA) is 26.3 Å². The van der Waals surface area contributed by atoms with E-state index in [1.54, 1.807) is 7.11 Å². The van der Waals surface area contributed by atoms with E-state index < -0.39 is 0 Å². The third-order valence-electron chi connectivity index (χ3n) is 3.37. The van der Waals surface area contributed by atoms with Crippen LogP contribution in [0.4, 0.5) is 0 Å². The number of hydrogen-bond acceptors (Lipinski definition) is 2. The molecule has 0 spiro atoms. The summed E-state index contributed by atoms with van der Waals surface area (Å²) < 4.78 is 5.48. The molecule has 1 atom stereocenters. The second kappa shape index (κ2) is 6.69. The lowest BCUT2D eigenvalue weighted by molar-refractivity contribution is -0.105. The van der Waals surface area contributed by atoms with Crippen LogP contribution in [0, 0.1) is 5.41 Å². The van der Waals surface area contributed by atoms with E-state index in [-0.39, 0.29) is 11.5 Å². The number of methoxy groups -OCH3 is 1. The average Bonchev–Trinajstić information content (AvgIpc) is 2.35. The van der Waals surface area contributed by atoms with Crippen LogP contribution in [0.3, 0.4) is 0 Å². The van der Waals surface area contributed by atoms with Gasteiger partial charge in [0.2, 0.25) is 0 Å². The van der Waals surface area contributed by atoms with Crippen molar-refractivity contribution in [1.29, 1.82) is 0 Å². The molecule has 0 saturated heterocycles. The fraction of sp³-hybridized carbons (Fsp3) is 0.562. The molecule has 0 aromatic rings. The number of allylic oxidation sites excluding steroid dienone is 4. The van der Waals surface area contributed by atoms with Gasteiger partial charge in [-0.3, -0.25) is 4.79 Å². The van der Waals surface area contributed by atoms with Crippen LogP contribution in [0.1, 0.15) is 40.0 Å². The maximum atomic E-state index is 11.0. The summed E-state index contributed by atoms with van der Waals surface area (Å²) >= 11 is 0. The number of rotatable bonds is 2. The molecule has 100 valence electrons. The van der Waals surface area contributed by atoms with Crippen molar-refractivity contribution in [1.82, 2.24) is 0 Å². The first-order valence-corrected chi connectivity index (χ1v) is 6.51. The van der Waals surface area contributed by atoms with Gasteiger partial charge in [-0.1, -0.05) is 38.2 Å². The quantitative estimate of drug-likeness (QED) is 0.548. The molecule has 2 heteroatoms. The van der Waals surface area contributed by atoms with Crippen LogP contribution in [0.2, 0.25) is 0 Å². The van der Waals surface area contributed by atoms with Gasteiger partial charge >= 0.3 is 0 Å². The Balaban J connectivity index is 3.00. The Bertz CT molecular complexity index is 373. The van der Waals surface area contributed by atoms with Gasteiger partial charge in [0.1, 0.15) is 6.29 Å². The second-order valence-corrected chi connectivity index (χ2v) is 5.59. The molecule has 1 aliphatic carbocycles. The van der Waals surface area contributed by atoms with E-state index in [2.05, 4.69) is 45.1 Å². The highest BCUT2D eigenvalue weighted by molar-refractivity contribution is 5.73. The predicted octanol–water partition coefficient (Wildman–Crippen LogP) is 3.84. The molecule has 0 bridgehead atoms. The van der Waals surface area contributed by atoms with Gasteiger partial charge in [0, 0.05) is 7.11 Å². The minimum absolute atomic E-state index is 0.0436. The fourth-order valence-electron chi connectivity index (χ4n) is 2.02. The van der Waals surface area contributed by atoms with Crippen LogP contribution in [0.15, 0.2) is 35.5 Å². The van der Waals surface area contributed by atoms with Crippen molar-refractivity contribution in [3.05, 3.63) is 35.5 Å². The molecule has 0 aromatic carbocycles. The lowest BCUT2D eigenvalue weighted by atomic mass is 9.87. The summed E-state index contributed by atoms with van der Waals surface area (Å²) in [5.74, 6) is 0. The van der Waals surface area contributed by atoms with Crippen molar-refractivity contribution >= 4 is 6.29 Å². The zero-order valence-corrected chi connectivity index (χ0v) is 11.9. The summed E-state index contributed by atoms with van der Waals surface area (Å²) in [7, 11) is 1.73. The van der Waals surface area contributed by atoms with Gasteiger partial charge in [0.15, 0.2) is 0 Å². The first-order valence-electron chi connectivity index (χ1n) is 6.51. The molecule has 0 saturated carbocycles. The summed E-state index contributed by atoms with van der Waals surface area (Å²) in [4.78, 5) is 11.0. The fourth-order valence-corrected chi connectivity index (χ4v) is 2.02. The van der Waals surface area contributed by atoms with Gasteiger partial charge in [-0.25, -0.2) is 0 Å². The third kappa shape index (κ3) is 4.61. The zero-order chi connectivity index (χ0) is 13.6. The molecule has 0 fully saturated rings. The van der Waals surface area contributed by atoms with E-state index in [0.717, 1.165) is 31.1 Å². The standard InChI is InChI=1S/C16H24O2/c1-13-6-5-7-14(12-17)8-10-16(2,3)11-9-15(13)18-4/h6,8-9,11-12,15H,5,7,10H2,1-4H3/b11-9+,13-6+,14-8-. The predicted molar refractivity (Wildman–Crippen MR) is 75.5 cm³/mol. The molecular weight excluding hydrogens is 224 g/mol. The maximum absolute atomic E-state index is 11.0. The zero-order valence-electron chi connectivity index (χ0n) is 11.9. The number of aldehydes is 1. The SMILES string of the molecule is COC1/C=C/C(C)(C)C/C=C(\C=O)CC/C=C/1C. The Kier molecular flexibility index (Phi) is 5.54. The van der Waals surface area contributed by atoms with Crippen molar-refractivity contribution in [2.45, 2.75) is 46.1 Å². The summed E-state index contributed by atoms with van der Waals surface area (Å²) in [5, 5.41) is 0. The molecule has 1 aliphatic rings. The highest BCUT2D eigenvalue weighted by Crippen LogP contribution is 2.26. The average molecular weight is 248 g/mol. The first-order chi connectivity index (χ1) is 8.48. The van der Waals surface area contributed by atoms with E-state index in [4.69, 9.17) is 4.74 Å². The summed E-state index contributed by atoms with van der Waals surface area (Å²) in [6.45, 7) is 6.42. The lowest BCUT2D eigenvalue weighted by Gasteiger charge is -2.20. The van der Waals surface area contributed by atoms with Crippen molar-refractivity contribution < 1.29 is 9.53 Å². The second-order valence-electron chi connectivity index (χ2n) is 5.59. The number of ether oxygens (including phenoxy) is 1. The van der Waals surface area contributed by atoms with Crippen LogP contribution >= 0.6 is 0 Å². The number of carbonyl (C=O) groups excluding carboxylic acids is 1. The van der Waals surface area contributed by atoms with Gasteiger partial charge < -0.3 is 4.74 Å². The molecule has 0 aromatic heterocycles. The van der Waals surface area contributed by atoms with Crippen LogP contribution < -0.4 is 0 Å². The molecule has 0 amide bonds. The molecule has 0 N–H and O–H groups in total. The number of carbonyl (C=O) groups is 1. The Morgan fingerprint density at radius 2 is 2.11 bits per heavy atom. The van der Waals surface area contributed by atoms with E-state index >= 15 is 0 Å². The highest BCUT2D eigenvalue weighted by Gasteiger charge is 2.15. The third-order valence-corrected chi connectivity index (χ3v) is 3.37. The van der Waals surface area contributed by atoms with Crippen LogP contribution in [-0.4, -0.2) is 19.5 Å². The van der Waals surface area contributed by atoms with Crippen molar-refractivity contribution in [2.75, 3.05) is 7.11 Å². The summed E-state index contributed by atoms with van der Waals surface area (Å²) in [6, 6.07) is 0. The number of hydrogen-bond donors (Lipinski definition) is 0. The van der Waals surface area contributed by atoms with Gasteiger partial charge in [-0.05, 0) is 42.7 Å². The monoisotopic (exact) mass is 248 g/mol. The van der Waals surface area contributed by atoms with Crippen molar-refractivity contribution in [3.63, 3.8) is 0 Å². The molecule has 18 heavy (non-hydrogen) atoms. The van der Waals surface area contributed by atoms with Crippen molar-refractivity contribution in [3.8, 4) is 0 Å². The minimum Gasteiger partial charge on any atom is -0.373 e. The molecule has 1 rings (SSSR count). The first kappa shape index (κ1) is 14.9. The van der Waals surface area contributed by atoms with Crippen molar-refractivity contribution in [2.24, 2.45) is 5.41 Å². The Hall–Kier alpha value is -1.15. The Morgan fingerprint density at radius 3 is 2.72 bits per heavy atom. The molecule has 1 unspecified atom stereocenters. The maximum Gasteiger partial charge on any atom is 0.145 e. The van der Waals surface area contributed by atoms with E-state index in [1.165, 1.54) is 5.57 Å². The van der Waals surface area contributed by atoms with Gasteiger partial charge in [-0.2, -0.15) is 0 Å². The molecule has 2 nitrogen and oxygen atoms in total. The smallest absolute Gasteiger partial charge is 0.145 e. The summed E-state index contributed by atoms with van der Waals surface area (Å²) in [5.41, 5.74) is 2.16. The van der Waals surface area contributed by atoms with Gasteiger partial charge in [0.25, 0.3) is 0 Å². The summed E-state index contributed by atoms with van der Waals surface area (Å²) in [6.07, 6.45) is 12.1. The normalized spacial score (nSPS) is 32.3. The Morgan fingerprint density at radius 1 is 1.39 bits per heavy atom. The Labute approximate surface area is 110 Å². The largest absolute Gasteiger partial charge is 0.373 e. The van der Waals surface area contributed by atoms with Crippen LogP contribution in [0.25, 0.3) is 0 Å². The van der Waals surface area contributed by atoms with E-state index in [0.29, 0.717) is 0 Å². The van der Waals surface area contributed by atoms with Crippen LogP contribution in [-0.2, 0) is 9.53 Å². The highest BCUT2D eigenvalue weighted by atomic mass is 16.5. The molecule has 0 radical (unpaired) electrons. The van der Waals surface area contributed by atoms with E-state index in [1.807, 2.05) is 0 Å².